The lowest BCUT2D eigenvalue weighted by Gasteiger charge is -2.46. The summed E-state index contributed by atoms with van der Waals surface area (Å²) in [5.41, 5.74) is 8.68. The van der Waals surface area contributed by atoms with Crippen LogP contribution in [-0.4, -0.2) is 22.8 Å². The van der Waals surface area contributed by atoms with Gasteiger partial charge in [0.25, 0.3) is 0 Å². The Morgan fingerprint density at radius 1 is 1.21 bits per heavy atom. The Morgan fingerprint density at radius 3 is 2.57 bits per heavy atom. The maximum absolute atomic E-state index is 12.6. The number of aryl methyl sites for hydroxylation is 1. The molecule has 3 N–H and O–H groups in total. The number of nitrogens with two attached hydrogens (primary N) is 1. The smallest absolute Gasteiger partial charge is 0.248 e. The molecule has 0 saturated heterocycles. The molecule has 1 saturated carbocycles. The standard InChI is InChI=1S/C22H26N4O2/c1-12-5-4-6-19(24-12)25-20-13(2)21(15-7-8-15)26(14(3)27)18-10-9-16(22(23)28)11-17(18)20/h4-6,9-11,13,15,20-21H,7-8H2,1-3H3,(H2,23,28)(H,24,25)/t13-,20?,21?/m1/s1. The molecule has 1 aliphatic heterocycles. The van der Waals surface area contributed by atoms with Gasteiger partial charge in [-0.3, -0.25) is 9.59 Å². The average Bonchev–Trinajstić information content (AvgIpc) is 3.47. The van der Waals surface area contributed by atoms with Crippen LogP contribution in [0.5, 0.6) is 0 Å². The lowest BCUT2D eigenvalue weighted by Crippen LogP contribution is -2.51. The van der Waals surface area contributed by atoms with Crippen LogP contribution in [0.15, 0.2) is 36.4 Å². The van der Waals surface area contributed by atoms with Crippen molar-refractivity contribution < 1.29 is 9.59 Å². The summed E-state index contributed by atoms with van der Waals surface area (Å²) in [6.07, 6.45) is 2.28. The van der Waals surface area contributed by atoms with E-state index in [0.717, 1.165) is 35.6 Å². The number of fused-ring (bicyclic) bond motifs is 1. The Bertz CT molecular complexity index is 938. The number of pyridine rings is 1. The van der Waals surface area contributed by atoms with Gasteiger partial charge >= 0.3 is 0 Å². The molecule has 1 aromatic heterocycles. The molecule has 28 heavy (non-hydrogen) atoms. The highest BCUT2D eigenvalue weighted by atomic mass is 16.2. The summed E-state index contributed by atoms with van der Waals surface area (Å²) in [7, 11) is 0. The van der Waals surface area contributed by atoms with Crippen LogP contribution in [-0.2, 0) is 4.79 Å². The molecular formula is C22H26N4O2. The number of carbonyl (C=O) groups excluding carboxylic acids is 2. The number of carbonyl (C=O) groups is 2. The van der Waals surface area contributed by atoms with E-state index in [1.165, 1.54) is 0 Å². The van der Waals surface area contributed by atoms with Crippen LogP contribution >= 0.6 is 0 Å². The van der Waals surface area contributed by atoms with Crippen LogP contribution < -0.4 is 16.0 Å². The second-order valence-corrected chi connectivity index (χ2v) is 8.00. The van der Waals surface area contributed by atoms with E-state index >= 15 is 0 Å². The number of primary amides is 1. The van der Waals surface area contributed by atoms with Crippen molar-refractivity contribution in [2.24, 2.45) is 17.6 Å². The molecule has 0 bridgehead atoms. The maximum Gasteiger partial charge on any atom is 0.248 e. The predicted octanol–water partition coefficient (Wildman–Crippen LogP) is 3.42. The normalized spacial score (nSPS) is 23.8. The number of nitrogens with one attached hydrogen (secondary N) is 1. The summed E-state index contributed by atoms with van der Waals surface area (Å²) < 4.78 is 0. The van der Waals surface area contributed by atoms with E-state index in [4.69, 9.17) is 5.73 Å². The molecular weight excluding hydrogens is 352 g/mol. The molecule has 2 unspecified atom stereocenters. The molecule has 2 aromatic rings. The number of anilines is 2. The van der Waals surface area contributed by atoms with Gasteiger partial charge in [-0.25, -0.2) is 4.98 Å². The largest absolute Gasteiger partial charge is 0.366 e. The average molecular weight is 378 g/mol. The predicted molar refractivity (Wildman–Crippen MR) is 109 cm³/mol. The first-order chi connectivity index (χ1) is 13.4. The highest BCUT2D eigenvalue weighted by Crippen LogP contribution is 2.50. The first-order valence-electron chi connectivity index (χ1n) is 9.80. The SMILES string of the molecule is CC(=O)N1c2ccc(C(N)=O)cc2C(Nc2cccc(C)n2)[C@@H](C)C1C1CC1. The van der Waals surface area contributed by atoms with E-state index in [1.54, 1.807) is 13.0 Å². The number of amides is 2. The number of hydrogen-bond acceptors (Lipinski definition) is 4. The molecule has 1 aromatic carbocycles. The topological polar surface area (TPSA) is 88.3 Å². The molecule has 3 atom stereocenters. The molecule has 4 rings (SSSR count). The zero-order valence-electron chi connectivity index (χ0n) is 16.5. The van der Waals surface area contributed by atoms with E-state index in [2.05, 4.69) is 17.2 Å². The number of aromatic nitrogens is 1. The summed E-state index contributed by atoms with van der Waals surface area (Å²) in [6.45, 7) is 5.75. The first kappa shape index (κ1) is 18.5. The van der Waals surface area contributed by atoms with Crippen molar-refractivity contribution in [3.05, 3.63) is 53.2 Å². The lowest BCUT2D eigenvalue weighted by atomic mass is 9.79. The molecule has 2 amide bonds. The van der Waals surface area contributed by atoms with Crippen molar-refractivity contribution >= 4 is 23.3 Å². The quantitative estimate of drug-likeness (QED) is 0.853. The number of hydrogen-bond donors (Lipinski definition) is 2. The van der Waals surface area contributed by atoms with Crippen molar-refractivity contribution in [1.82, 2.24) is 4.98 Å². The van der Waals surface area contributed by atoms with E-state index in [0.29, 0.717) is 11.5 Å². The van der Waals surface area contributed by atoms with E-state index in [1.807, 2.05) is 42.2 Å². The van der Waals surface area contributed by atoms with E-state index < -0.39 is 5.91 Å². The fourth-order valence-corrected chi connectivity index (χ4v) is 4.50. The molecule has 0 spiro atoms. The fraction of sp³-hybridized carbons (Fsp3) is 0.409. The zero-order chi connectivity index (χ0) is 20.0. The number of rotatable bonds is 4. The molecule has 0 radical (unpaired) electrons. The molecule has 6 nitrogen and oxygen atoms in total. The lowest BCUT2D eigenvalue weighted by molar-refractivity contribution is -0.117. The second-order valence-electron chi connectivity index (χ2n) is 8.00. The van der Waals surface area contributed by atoms with Crippen LogP contribution in [0.25, 0.3) is 0 Å². The van der Waals surface area contributed by atoms with Gasteiger partial charge in [0.05, 0.1) is 6.04 Å². The number of benzene rings is 1. The summed E-state index contributed by atoms with van der Waals surface area (Å²) >= 11 is 0. The Morgan fingerprint density at radius 2 is 1.96 bits per heavy atom. The van der Waals surface area contributed by atoms with Gasteiger partial charge in [-0.15, -0.1) is 0 Å². The zero-order valence-corrected chi connectivity index (χ0v) is 16.5. The molecule has 1 aliphatic carbocycles. The summed E-state index contributed by atoms with van der Waals surface area (Å²) in [6, 6.07) is 11.3. The van der Waals surface area contributed by atoms with Crippen molar-refractivity contribution in [1.29, 1.82) is 0 Å². The molecule has 146 valence electrons. The Kier molecular flexibility index (Phi) is 4.57. The second kappa shape index (κ2) is 6.93. The van der Waals surface area contributed by atoms with Crippen LogP contribution in [0.4, 0.5) is 11.5 Å². The van der Waals surface area contributed by atoms with Gasteiger partial charge in [0.2, 0.25) is 11.8 Å². The van der Waals surface area contributed by atoms with Crippen molar-refractivity contribution in [2.75, 3.05) is 10.2 Å². The van der Waals surface area contributed by atoms with E-state index in [-0.39, 0.29) is 23.9 Å². The third-order valence-corrected chi connectivity index (χ3v) is 5.91. The van der Waals surface area contributed by atoms with Crippen molar-refractivity contribution in [2.45, 2.75) is 45.7 Å². The highest BCUT2D eigenvalue weighted by molar-refractivity contribution is 5.97. The third kappa shape index (κ3) is 3.23. The number of nitrogens with zero attached hydrogens (tertiary/aromatic N) is 2. The van der Waals surface area contributed by atoms with Gasteiger partial charge in [0.15, 0.2) is 0 Å². The van der Waals surface area contributed by atoms with Crippen LogP contribution in [0.3, 0.4) is 0 Å². The van der Waals surface area contributed by atoms with Gasteiger partial charge in [-0.05, 0) is 61.6 Å². The van der Waals surface area contributed by atoms with Crippen LogP contribution in [0.1, 0.15) is 54.3 Å². The van der Waals surface area contributed by atoms with Crippen molar-refractivity contribution in [3.63, 3.8) is 0 Å². The summed E-state index contributed by atoms with van der Waals surface area (Å²) in [4.78, 5) is 30.9. The summed E-state index contributed by atoms with van der Waals surface area (Å²) in [5, 5.41) is 3.56. The first-order valence-corrected chi connectivity index (χ1v) is 9.80. The maximum atomic E-state index is 12.6. The Labute approximate surface area is 165 Å². The highest BCUT2D eigenvalue weighted by Gasteiger charge is 2.47. The van der Waals surface area contributed by atoms with E-state index in [9.17, 15) is 9.59 Å². The van der Waals surface area contributed by atoms with Crippen molar-refractivity contribution in [3.8, 4) is 0 Å². The minimum atomic E-state index is -0.471. The fourth-order valence-electron chi connectivity index (χ4n) is 4.50. The molecule has 1 fully saturated rings. The van der Waals surface area contributed by atoms with Gasteiger partial charge in [0, 0.05) is 35.8 Å². The van der Waals surface area contributed by atoms with Gasteiger partial charge in [0.1, 0.15) is 5.82 Å². The minimum absolute atomic E-state index is 0.0314. The summed E-state index contributed by atoms with van der Waals surface area (Å²) in [5.74, 6) is 1.02. The molecule has 2 heterocycles. The third-order valence-electron chi connectivity index (χ3n) is 5.91. The minimum Gasteiger partial charge on any atom is -0.366 e. The van der Waals surface area contributed by atoms with Crippen LogP contribution in [0, 0.1) is 18.8 Å². The van der Waals surface area contributed by atoms with Gasteiger partial charge in [-0.1, -0.05) is 13.0 Å². The van der Waals surface area contributed by atoms with Crippen LogP contribution in [0.2, 0.25) is 0 Å². The molecule has 2 aliphatic rings. The molecule has 6 heteroatoms. The monoisotopic (exact) mass is 378 g/mol. The Balaban J connectivity index is 1.83. The van der Waals surface area contributed by atoms with Gasteiger partial charge in [-0.2, -0.15) is 0 Å². The van der Waals surface area contributed by atoms with Gasteiger partial charge < -0.3 is 16.0 Å². The Hall–Kier alpha value is -2.89.